The van der Waals surface area contributed by atoms with Gasteiger partial charge in [0.25, 0.3) is 5.91 Å². The summed E-state index contributed by atoms with van der Waals surface area (Å²) in [4.78, 5) is 12.4. The summed E-state index contributed by atoms with van der Waals surface area (Å²) in [7, 11) is 0. The first-order chi connectivity index (χ1) is 12.2. The zero-order valence-electron chi connectivity index (χ0n) is 14.6. The zero-order valence-corrected chi connectivity index (χ0v) is 14.6. The number of benzene rings is 2. The van der Waals surface area contributed by atoms with Crippen LogP contribution in [-0.4, -0.2) is 12.0 Å². The fraction of sp³-hybridized carbons (Fsp3) is 0.381. The number of halogens is 1. The Labute approximate surface area is 148 Å². The molecule has 2 aromatic rings. The van der Waals surface area contributed by atoms with Gasteiger partial charge in [0.2, 0.25) is 0 Å². The van der Waals surface area contributed by atoms with Crippen LogP contribution in [0.3, 0.4) is 0 Å². The van der Waals surface area contributed by atoms with E-state index in [0.29, 0.717) is 13.0 Å². The Balaban J connectivity index is 1.59. The van der Waals surface area contributed by atoms with E-state index in [1.54, 1.807) is 12.1 Å². The van der Waals surface area contributed by atoms with Crippen molar-refractivity contribution in [2.45, 2.75) is 51.7 Å². The maximum atomic E-state index is 12.9. The van der Waals surface area contributed by atoms with Gasteiger partial charge in [-0.2, -0.15) is 0 Å². The van der Waals surface area contributed by atoms with Crippen molar-refractivity contribution in [1.82, 2.24) is 5.32 Å². The van der Waals surface area contributed by atoms with Crippen molar-refractivity contribution in [3.8, 4) is 5.75 Å². The summed E-state index contributed by atoms with van der Waals surface area (Å²) in [5.41, 5.74) is 3.59. The van der Waals surface area contributed by atoms with Gasteiger partial charge in [-0.3, -0.25) is 4.79 Å². The number of aryl methyl sites for hydroxylation is 2. The molecule has 25 heavy (non-hydrogen) atoms. The molecule has 0 radical (unpaired) electrons. The van der Waals surface area contributed by atoms with E-state index in [1.807, 2.05) is 13.0 Å². The Kier molecular flexibility index (Phi) is 5.69. The first kappa shape index (κ1) is 17.5. The van der Waals surface area contributed by atoms with E-state index in [0.717, 1.165) is 24.2 Å². The molecule has 0 saturated carbocycles. The van der Waals surface area contributed by atoms with E-state index in [2.05, 4.69) is 17.4 Å². The average molecular weight is 341 g/mol. The lowest BCUT2D eigenvalue weighted by Crippen LogP contribution is -2.37. The van der Waals surface area contributed by atoms with E-state index in [4.69, 9.17) is 4.74 Å². The molecule has 0 heterocycles. The predicted octanol–water partition coefficient (Wildman–Crippen LogP) is 4.18. The van der Waals surface area contributed by atoms with Crippen LogP contribution < -0.4 is 10.1 Å². The zero-order chi connectivity index (χ0) is 17.6. The molecule has 0 saturated heterocycles. The number of amides is 1. The second-order valence-electron chi connectivity index (χ2n) is 6.50. The van der Waals surface area contributed by atoms with Crippen molar-refractivity contribution in [3.63, 3.8) is 0 Å². The summed E-state index contributed by atoms with van der Waals surface area (Å²) in [6.45, 7) is 2.30. The van der Waals surface area contributed by atoms with Crippen LogP contribution in [0.2, 0.25) is 0 Å². The third-order valence-corrected chi connectivity index (χ3v) is 4.64. The van der Waals surface area contributed by atoms with Gasteiger partial charge in [-0.15, -0.1) is 0 Å². The van der Waals surface area contributed by atoms with E-state index in [1.165, 1.54) is 36.1 Å². The highest BCUT2D eigenvalue weighted by atomic mass is 19.1. The van der Waals surface area contributed by atoms with Crippen LogP contribution in [0.1, 0.15) is 42.9 Å². The van der Waals surface area contributed by atoms with Gasteiger partial charge in [0.1, 0.15) is 11.6 Å². The van der Waals surface area contributed by atoms with Gasteiger partial charge in [0.05, 0.1) is 0 Å². The molecule has 0 aliphatic heterocycles. The molecule has 4 heteroatoms. The maximum absolute atomic E-state index is 12.9. The number of carbonyl (C=O) groups excluding carboxylic acids is 1. The summed E-state index contributed by atoms with van der Waals surface area (Å²) < 4.78 is 18.9. The second kappa shape index (κ2) is 8.15. The van der Waals surface area contributed by atoms with Crippen molar-refractivity contribution < 1.29 is 13.9 Å². The molecule has 1 aliphatic rings. The maximum Gasteiger partial charge on any atom is 0.261 e. The molecular formula is C21H24FNO2. The third-order valence-electron chi connectivity index (χ3n) is 4.64. The number of carbonyl (C=O) groups is 1. The highest BCUT2D eigenvalue weighted by Gasteiger charge is 2.19. The van der Waals surface area contributed by atoms with Crippen molar-refractivity contribution in [1.29, 1.82) is 0 Å². The Morgan fingerprint density at radius 2 is 1.84 bits per heavy atom. The molecule has 1 atom stereocenters. The van der Waals surface area contributed by atoms with Crippen molar-refractivity contribution in [2.24, 2.45) is 0 Å². The molecule has 1 amide bonds. The highest BCUT2D eigenvalue weighted by molar-refractivity contribution is 5.81. The molecule has 1 unspecified atom stereocenters. The number of hydrogen-bond donors (Lipinski definition) is 1. The van der Waals surface area contributed by atoms with Crippen LogP contribution in [0, 0.1) is 5.82 Å². The molecule has 1 N–H and O–H groups in total. The van der Waals surface area contributed by atoms with E-state index < -0.39 is 6.10 Å². The second-order valence-corrected chi connectivity index (χ2v) is 6.50. The first-order valence-corrected chi connectivity index (χ1v) is 8.96. The Morgan fingerprint density at radius 3 is 2.56 bits per heavy atom. The van der Waals surface area contributed by atoms with Crippen LogP contribution in [0.25, 0.3) is 0 Å². The number of hydrogen-bond acceptors (Lipinski definition) is 2. The lowest BCUT2D eigenvalue weighted by molar-refractivity contribution is -0.128. The fourth-order valence-corrected chi connectivity index (χ4v) is 3.17. The lowest BCUT2D eigenvalue weighted by Gasteiger charge is -2.20. The Morgan fingerprint density at radius 1 is 1.12 bits per heavy atom. The molecular weight excluding hydrogens is 317 g/mol. The van der Waals surface area contributed by atoms with Crippen molar-refractivity contribution in [3.05, 3.63) is 65.0 Å². The summed E-state index contributed by atoms with van der Waals surface area (Å²) in [5.74, 6) is 0.325. The van der Waals surface area contributed by atoms with Crippen LogP contribution in [0.4, 0.5) is 4.39 Å². The van der Waals surface area contributed by atoms with Crippen LogP contribution in [0.5, 0.6) is 5.75 Å². The SMILES string of the molecule is CCC(Oc1ccc2c(c1)CCCC2)C(=O)NCc1ccc(F)cc1. The normalized spacial score (nSPS) is 14.5. The molecule has 132 valence electrons. The largest absolute Gasteiger partial charge is 0.481 e. The molecule has 0 spiro atoms. The Hall–Kier alpha value is -2.36. The number of ether oxygens (including phenoxy) is 1. The van der Waals surface area contributed by atoms with Gasteiger partial charge in [-0.25, -0.2) is 4.39 Å². The van der Waals surface area contributed by atoms with Gasteiger partial charge in [-0.05, 0) is 73.1 Å². The molecule has 3 nitrogen and oxygen atoms in total. The van der Waals surface area contributed by atoms with E-state index in [-0.39, 0.29) is 11.7 Å². The monoisotopic (exact) mass is 341 g/mol. The van der Waals surface area contributed by atoms with Crippen molar-refractivity contribution >= 4 is 5.91 Å². The lowest BCUT2D eigenvalue weighted by atomic mass is 9.92. The minimum absolute atomic E-state index is 0.149. The smallest absolute Gasteiger partial charge is 0.261 e. The predicted molar refractivity (Wildman–Crippen MR) is 96.0 cm³/mol. The molecule has 0 fully saturated rings. The van der Waals surface area contributed by atoms with Crippen molar-refractivity contribution in [2.75, 3.05) is 0 Å². The summed E-state index contributed by atoms with van der Waals surface area (Å²) >= 11 is 0. The minimum atomic E-state index is -0.526. The highest BCUT2D eigenvalue weighted by Crippen LogP contribution is 2.26. The standard InChI is InChI=1S/C21H24FNO2/c1-2-20(21(24)23-14-15-7-10-18(22)11-8-15)25-19-12-9-16-5-3-4-6-17(16)13-19/h7-13,20H,2-6,14H2,1H3,(H,23,24). The minimum Gasteiger partial charge on any atom is -0.481 e. The quantitative estimate of drug-likeness (QED) is 0.856. The van der Waals surface area contributed by atoms with Crippen LogP contribution in [-0.2, 0) is 24.2 Å². The van der Waals surface area contributed by atoms with E-state index >= 15 is 0 Å². The summed E-state index contributed by atoms with van der Waals surface area (Å²) in [6, 6.07) is 12.3. The number of fused-ring (bicyclic) bond motifs is 1. The average Bonchev–Trinajstić information content (AvgIpc) is 2.65. The summed E-state index contributed by atoms with van der Waals surface area (Å²) in [6.07, 6.45) is 4.74. The van der Waals surface area contributed by atoms with Gasteiger partial charge < -0.3 is 10.1 Å². The molecule has 0 aromatic heterocycles. The van der Waals surface area contributed by atoms with Gasteiger partial charge in [0, 0.05) is 6.54 Å². The first-order valence-electron chi connectivity index (χ1n) is 8.96. The number of rotatable bonds is 6. The fourth-order valence-electron chi connectivity index (χ4n) is 3.17. The van der Waals surface area contributed by atoms with Gasteiger partial charge >= 0.3 is 0 Å². The van der Waals surface area contributed by atoms with E-state index in [9.17, 15) is 9.18 Å². The number of nitrogens with one attached hydrogen (secondary N) is 1. The van der Waals surface area contributed by atoms with Crippen LogP contribution >= 0.6 is 0 Å². The van der Waals surface area contributed by atoms with Gasteiger partial charge in [-0.1, -0.05) is 25.1 Å². The molecule has 3 rings (SSSR count). The molecule has 1 aliphatic carbocycles. The third kappa shape index (κ3) is 4.59. The topological polar surface area (TPSA) is 38.3 Å². The molecule has 2 aromatic carbocycles. The molecule has 0 bridgehead atoms. The van der Waals surface area contributed by atoms with Crippen LogP contribution in [0.15, 0.2) is 42.5 Å². The van der Waals surface area contributed by atoms with Gasteiger partial charge in [0.15, 0.2) is 6.10 Å². The summed E-state index contributed by atoms with van der Waals surface area (Å²) in [5, 5.41) is 2.87. The Bertz CT molecular complexity index is 727.